The van der Waals surface area contributed by atoms with Crippen molar-refractivity contribution in [3.63, 3.8) is 0 Å². The van der Waals surface area contributed by atoms with E-state index in [0.717, 1.165) is 11.3 Å². The fourth-order valence-electron chi connectivity index (χ4n) is 1.50. The van der Waals surface area contributed by atoms with Gasteiger partial charge in [0.05, 0.1) is 11.9 Å². The summed E-state index contributed by atoms with van der Waals surface area (Å²) >= 11 is 0. The Morgan fingerprint density at radius 2 is 2.17 bits per heavy atom. The predicted octanol–water partition coefficient (Wildman–Crippen LogP) is 2.44. The van der Waals surface area contributed by atoms with Crippen LogP contribution in [0.2, 0.25) is 0 Å². The molecule has 0 amide bonds. The fraction of sp³-hybridized carbons (Fsp3) is 0.231. The molecule has 2 rings (SSSR count). The van der Waals surface area contributed by atoms with Crippen molar-refractivity contribution in [3.05, 3.63) is 47.7 Å². The molecule has 0 unspecified atom stereocenters. The van der Waals surface area contributed by atoms with E-state index >= 15 is 0 Å². The van der Waals surface area contributed by atoms with E-state index in [2.05, 4.69) is 15.3 Å². The lowest BCUT2D eigenvalue weighted by molar-refractivity contribution is 0.423. The van der Waals surface area contributed by atoms with Crippen molar-refractivity contribution in [2.75, 3.05) is 7.05 Å². The van der Waals surface area contributed by atoms with Crippen molar-refractivity contribution in [1.29, 1.82) is 0 Å². The summed E-state index contributed by atoms with van der Waals surface area (Å²) in [5, 5.41) is 2.96. The molecular weight excluding hydrogens is 233 g/mol. The topological polar surface area (TPSA) is 47.0 Å². The lowest BCUT2D eigenvalue weighted by atomic mass is 10.2. The number of nitrogens with zero attached hydrogens (tertiary/aromatic N) is 2. The van der Waals surface area contributed by atoms with Gasteiger partial charge in [0.1, 0.15) is 0 Å². The summed E-state index contributed by atoms with van der Waals surface area (Å²) in [5.74, 6) is 0.0274. The van der Waals surface area contributed by atoms with Crippen LogP contribution in [0.25, 0.3) is 0 Å². The van der Waals surface area contributed by atoms with E-state index in [1.54, 1.807) is 18.3 Å². The third-order valence-corrected chi connectivity index (χ3v) is 2.32. The third-order valence-electron chi connectivity index (χ3n) is 2.32. The van der Waals surface area contributed by atoms with Gasteiger partial charge in [-0.3, -0.25) is 4.98 Å². The second kappa shape index (κ2) is 5.55. The van der Waals surface area contributed by atoms with E-state index in [4.69, 9.17) is 4.74 Å². The lowest BCUT2D eigenvalue weighted by Gasteiger charge is -2.07. The number of halogens is 1. The molecule has 2 aromatic rings. The summed E-state index contributed by atoms with van der Waals surface area (Å²) in [5.41, 5.74) is 1.66. The monoisotopic (exact) mass is 247 g/mol. The molecular formula is C13H14FN3O. The standard InChI is InChI=1S/C13H14FN3O/c1-9-3-4-11(14)12(5-9)18-13-8-16-7-10(17-13)6-15-2/h3-5,7-8,15H,6H2,1-2H3. The van der Waals surface area contributed by atoms with Gasteiger partial charge in [0.25, 0.3) is 0 Å². The minimum Gasteiger partial charge on any atom is -0.434 e. The minimum absolute atomic E-state index is 0.158. The SMILES string of the molecule is CNCc1cncc(Oc2cc(C)ccc2F)n1. The van der Waals surface area contributed by atoms with Crippen LogP contribution in [0.1, 0.15) is 11.3 Å². The number of hydrogen-bond donors (Lipinski definition) is 1. The molecule has 1 aromatic carbocycles. The molecule has 0 saturated carbocycles. The molecule has 0 saturated heterocycles. The molecule has 0 aliphatic rings. The van der Waals surface area contributed by atoms with Crippen molar-refractivity contribution in [1.82, 2.24) is 15.3 Å². The fourth-order valence-corrected chi connectivity index (χ4v) is 1.50. The van der Waals surface area contributed by atoms with Crippen LogP contribution in [-0.2, 0) is 6.54 Å². The van der Waals surface area contributed by atoms with Gasteiger partial charge in [-0.15, -0.1) is 0 Å². The Kier molecular flexibility index (Phi) is 3.84. The average molecular weight is 247 g/mol. The number of ether oxygens (including phenoxy) is 1. The Hall–Kier alpha value is -2.01. The van der Waals surface area contributed by atoms with Crippen LogP contribution in [0.3, 0.4) is 0 Å². The molecule has 94 valence electrons. The number of nitrogens with one attached hydrogen (secondary N) is 1. The zero-order chi connectivity index (χ0) is 13.0. The van der Waals surface area contributed by atoms with Crippen molar-refractivity contribution in [3.8, 4) is 11.6 Å². The van der Waals surface area contributed by atoms with Crippen LogP contribution in [-0.4, -0.2) is 17.0 Å². The molecule has 18 heavy (non-hydrogen) atoms. The molecule has 0 fully saturated rings. The Morgan fingerprint density at radius 1 is 1.33 bits per heavy atom. The molecule has 0 spiro atoms. The van der Waals surface area contributed by atoms with E-state index in [1.807, 2.05) is 14.0 Å². The summed E-state index contributed by atoms with van der Waals surface area (Å²) < 4.78 is 18.9. The molecule has 0 atom stereocenters. The first-order chi connectivity index (χ1) is 8.69. The average Bonchev–Trinajstić information content (AvgIpc) is 2.35. The quantitative estimate of drug-likeness (QED) is 0.901. The maximum absolute atomic E-state index is 13.5. The largest absolute Gasteiger partial charge is 0.434 e. The highest BCUT2D eigenvalue weighted by molar-refractivity contribution is 5.32. The van der Waals surface area contributed by atoms with E-state index in [-0.39, 0.29) is 11.6 Å². The predicted molar refractivity (Wildman–Crippen MR) is 66.0 cm³/mol. The van der Waals surface area contributed by atoms with Gasteiger partial charge >= 0.3 is 0 Å². The van der Waals surface area contributed by atoms with Crippen LogP contribution in [0, 0.1) is 12.7 Å². The zero-order valence-electron chi connectivity index (χ0n) is 10.3. The first kappa shape index (κ1) is 12.4. The van der Waals surface area contributed by atoms with Crippen molar-refractivity contribution in [2.24, 2.45) is 0 Å². The molecule has 1 N–H and O–H groups in total. The smallest absolute Gasteiger partial charge is 0.238 e. The van der Waals surface area contributed by atoms with Gasteiger partial charge in [-0.25, -0.2) is 9.37 Å². The molecule has 1 aromatic heterocycles. The highest BCUT2D eigenvalue weighted by Gasteiger charge is 2.06. The van der Waals surface area contributed by atoms with E-state index in [1.165, 1.54) is 12.3 Å². The maximum atomic E-state index is 13.5. The van der Waals surface area contributed by atoms with E-state index in [0.29, 0.717) is 6.54 Å². The Morgan fingerprint density at radius 3 is 2.94 bits per heavy atom. The van der Waals surface area contributed by atoms with Crippen LogP contribution in [0.5, 0.6) is 11.6 Å². The number of aromatic nitrogens is 2. The number of rotatable bonds is 4. The molecule has 1 heterocycles. The summed E-state index contributed by atoms with van der Waals surface area (Å²) in [6.45, 7) is 2.45. The second-order valence-electron chi connectivity index (χ2n) is 3.91. The molecule has 4 nitrogen and oxygen atoms in total. The maximum Gasteiger partial charge on any atom is 0.238 e. The molecule has 0 aliphatic carbocycles. The summed E-state index contributed by atoms with van der Waals surface area (Å²) in [6.07, 6.45) is 3.09. The van der Waals surface area contributed by atoms with Crippen LogP contribution < -0.4 is 10.1 Å². The molecule has 5 heteroatoms. The first-order valence-corrected chi connectivity index (χ1v) is 5.58. The number of benzene rings is 1. The van der Waals surface area contributed by atoms with Gasteiger partial charge in [-0.05, 0) is 31.7 Å². The number of hydrogen-bond acceptors (Lipinski definition) is 4. The van der Waals surface area contributed by atoms with Gasteiger partial charge in [0.15, 0.2) is 11.6 Å². The summed E-state index contributed by atoms with van der Waals surface area (Å²) in [6, 6.07) is 4.68. The first-order valence-electron chi connectivity index (χ1n) is 5.58. The van der Waals surface area contributed by atoms with Crippen molar-refractivity contribution < 1.29 is 9.13 Å². The second-order valence-corrected chi connectivity index (χ2v) is 3.91. The lowest BCUT2D eigenvalue weighted by Crippen LogP contribution is -2.07. The summed E-state index contributed by atoms with van der Waals surface area (Å²) in [7, 11) is 1.81. The van der Waals surface area contributed by atoms with Gasteiger partial charge in [-0.1, -0.05) is 6.07 Å². The zero-order valence-corrected chi connectivity index (χ0v) is 10.3. The van der Waals surface area contributed by atoms with Gasteiger partial charge in [0, 0.05) is 12.7 Å². The van der Waals surface area contributed by atoms with Crippen LogP contribution in [0.4, 0.5) is 4.39 Å². The van der Waals surface area contributed by atoms with Crippen LogP contribution in [0.15, 0.2) is 30.6 Å². The van der Waals surface area contributed by atoms with Gasteiger partial charge in [0.2, 0.25) is 5.88 Å². The Bertz CT molecular complexity index is 546. The Labute approximate surface area is 105 Å². The Balaban J connectivity index is 2.22. The normalized spacial score (nSPS) is 10.4. The number of aryl methyl sites for hydroxylation is 1. The van der Waals surface area contributed by atoms with Crippen molar-refractivity contribution in [2.45, 2.75) is 13.5 Å². The third kappa shape index (κ3) is 3.01. The van der Waals surface area contributed by atoms with Gasteiger partial charge < -0.3 is 10.1 Å². The van der Waals surface area contributed by atoms with Gasteiger partial charge in [-0.2, -0.15) is 0 Å². The minimum atomic E-state index is -0.415. The molecule has 0 radical (unpaired) electrons. The van der Waals surface area contributed by atoms with Crippen molar-refractivity contribution >= 4 is 0 Å². The van der Waals surface area contributed by atoms with Crippen LogP contribution >= 0.6 is 0 Å². The van der Waals surface area contributed by atoms with E-state index < -0.39 is 5.82 Å². The highest BCUT2D eigenvalue weighted by Crippen LogP contribution is 2.23. The summed E-state index contributed by atoms with van der Waals surface area (Å²) in [4.78, 5) is 8.22. The molecule has 0 aliphatic heterocycles. The van der Waals surface area contributed by atoms with E-state index in [9.17, 15) is 4.39 Å². The highest BCUT2D eigenvalue weighted by atomic mass is 19.1. The molecule has 0 bridgehead atoms.